The number of ether oxygens (including phenoxy) is 3. The van der Waals surface area contributed by atoms with Gasteiger partial charge in [-0.1, -0.05) is 12.1 Å². The number of nitrogens with one attached hydrogen (secondary N) is 1. The number of pyridine rings is 1. The second-order valence-electron chi connectivity index (χ2n) is 8.82. The Morgan fingerprint density at radius 2 is 1.91 bits per heavy atom. The summed E-state index contributed by atoms with van der Waals surface area (Å²) in [6.45, 7) is 4.18. The molecule has 5 heterocycles. The van der Waals surface area contributed by atoms with Gasteiger partial charge < -0.3 is 34.3 Å². The molecule has 3 N–H and O–H groups in total. The molecule has 3 aliphatic heterocycles. The van der Waals surface area contributed by atoms with Crippen molar-refractivity contribution in [2.45, 2.75) is 43.9 Å². The zero-order valence-electron chi connectivity index (χ0n) is 17.8. The molecule has 0 aliphatic carbocycles. The van der Waals surface area contributed by atoms with Gasteiger partial charge in [0, 0.05) is 24.3 Å². The average molecular weight is 438 g/mol. The third-order valence-electron chi connectivity index (χ3n) is 6.56. The van der Waals surface area contributed by atoms with E-state index >= 15 is 0 Å². The molecule has 0 spiro atoms. The standard InChI is InChI=1S/C23H26N4O5/c1-12-8-16-22(26-23(24-16)32-18-11-31-20-17(29)10-30-21(18)20)25-19(12)13-2-4-14(5-3-13)27-7-6-15(28)9-27/h2-5,8,15,17-18,20-21,28-29H,6-7,9-11H2,1H3,(H,24,25,26). The molecule has 1 aromatic carbocycles. The number of fused-ring (bicyclic) bond motifs is 2. The Labute approximate surface area is 185 Å². The number of β-amino-alcohol motifs (C(OH)–C–C–N with tert-alkyl or cyclic N) is 1. The number of imidazole rings is 1. The summed E-state index contributed by atoms with van der Waals surface area (Å²) in [7, 11) is 0. The number of anilines is 1. The number of H-pyrrole nitrogens is 1. The second kappa shape index (κ2) is 7.70. The summed E-state index contributed by atoms with van der Waals surface area (Å²) in [5, 5.41) is 19.7. The number of aryl methyl sites for hydroxylation is 1. The van der Waals surface area contributed by atoms with Crippen molar-refractivity contribution < 1.29 is 24.4 Å². The second-order valence-corrected chi connectivity index (χ2v) is 8.82. The lowest BCUT2D eigenvalue weighted by Gasteiger charge is -2.18. The minimum Gasteiger partial charge on any atom is -0.456 e. The highest BCUT2D eigenvalue weighted by Gasteiger charge is 2.48. The number of nitrogens with zero attached hydrogens (tertiary/aromatic N) is 3. The number of aliphatic hydroxyl groups excluding tert-OH is 2. The molecule has 0 bridgehead atoms. The van der Waals surface area contributed by atoms with E-state index in [0.717, 1.165) is 41.0 Å². The zero-order valence-corrected chi connectivity index (χ0v) is 17.8. The fourth-order valence-corrected chi connectivity index (χ4v) is 4.86. The Morgan fingerprint density at radius 1 is 1.09 bits per heavy atom. The number of aliphatic hydroxyl groups is 2. The van der Waals surface area contributed by atoms with E-state index in [1.165, 1.54) is 0 Å². The quantitative estimate of drug-likeness (QED) is 0.561. The van der Waals surface area contributed by atoms with Gasteiger partial charge in [-0.15, -0.1) is 0 Å². The first kappa shape index (κ1) is 19.9. The van der Waals surface area contributed by atoms with Crippen molar-refractivity contribution in [2.75, 3.05) is 31.2 Å². The van der Waals surface area contributed by atoms with Crippen molar-refractivity contribution in [1.82, 2.24) is 15.0 Å². The van der Waals surface area contributed by atoms with Crippen molar-refractivity contribution in [3.63, 3.8) is 0 Å². The molecule has 0 amide bonds. The maximum absolute atomic E-state index is 9.90. The molecule has 2 aromatic heterocycles. The highest BCUT2D eigenvalue weighted by atomic mass is 16.6. The van der Waals surface area contributed by atoms with E-state index in [0.29, 0.717) is 24.8 Å². The van der Waals surface area contributed by atoms with Gasteiger partial charge >= 0.3 is 0 Å². The van der Waals surface area contributed by atoms with Gasteiger partial charge in [-0.3, -0.25) is 0 Å². The zero-order chi connectivity index (χ0) is 21.8. The lowest BCUT2D eigenvalue weighted by atomic mass is 10.1. The Balaban J connectivity index is 1.23. The molecule has 168 valence electrons. The maximum atomic E-state index is 9.90. The lowest BCUT2D eigenvalue weighted by molar-refractivity contribution is 0.00706. The van der Waals surface area contributed by atoms with Crippen LogP contribution in [0.2, 0.25) is 0 Å². The number of benzene rings is 1. The Kier molecular flexibility index (Phi) is 4.80. The molecular formula is C23H26N4O5. The van der Waals surface area contributed by atoms with Crippen LogP contribution in [0.15, 0.2) is 30.3 Å². The van der Waals surface area contributed by atoms with E-state index in [4.69, 9.17) is 19.2 Å². The van der Waals surface area contributed by atoms with Crippen LogP contribution < -0.4 is 9.64 Å². The molecule has 5 atom stereocenters. The summed E-state index contributed by atoms with van der Waals surface area (Å²) >= 11 is 0. The van der Waals surface area contributed by atoms with E-state index in [9.17, 15) is 10.2 Å². The van der Waals surface area contributed by atoms with Crippen molar-refractivity contribution in [3.05, 3.63) is 35.9 Å². The number of aromatic nitrogens is 3. The van der Waals surface area contributed by atoms with Gasteiger partial charge in [0.25, 0.3) is 6.01 Å². The first-order valence-electron chi connectivity index (χ1n) is 11.0. The van der Waals surface area contributed by atoms with Crippen molar-refractivity contribution in [2.24, 2.45) is 0 Å². The van der Waals surface area contributed by atoms with Crippen LogP contribution in [0.5, 0.6) is 6.01 Å². The molecule has 9 heteroatoms. The van der Waals surface area contributed by atoms with E-state index in [1.54, 1.807) is 0 Å². The molecule has 3 saturated heterocycles. The fraction of sp³-hybridized carbons (Fsp3) is 0.478. The van der Waals surface area contributed by atoms with Crippen LogP contribution >= 0.6 is 0 Å². The van der Waals surface area contributed by atoms with E-state index < -0.39 is 6.10 Å². The number of aromatic amines is 1. The fourth-order valence-electron chi connectivity index (χ4n) is 4.86. The molecule has 0 saturated carbocycles. The van der Waals surface area contributed by atoms with Gasteiger partial charge in [0.05, 0.1) is 30.5 Å². The lowest BCUT2D eigenvalue weighted by Crippen LogP contribution is -2.34. The summed E-state index contributed by atoms with van der Waals surface area (Å²) < 4.78 is 17.2. The predicted octanol–water partition coefficient (Wildman–Crippen LogP) is 1.41. The number of hydrogen-bond acceptors (Lipinski definition) is 8. The predicted molar refractivity (Wildman–Crippen MR) is 117 cm³/mol. The van der Waals surface area contributed by atoms with Gasteiger partial charge in [0.1, 0.15) is 18.3 Å². The summed E-state index contributed by atoms with van der Waals surface area (Å²) in [5.74, 6) is 0. The van der Waals surface area contributed by atoms with Crippen LogP contribution in [0.4, 0.5) is 5.69 Å². The van der Waals surface area contributed by atoms with Crippen LogP contribution in [0.3, 0.4) is 0 Å². The first-order chi connectivity index (χ1) is 15.5. The van der Waals surface area contributed by atoms with Gasteiger partial charge in [0.2, 0.25) is 0 Å². The van der Waals surface area contributed by atoms with Crippen LogP contribution in [-0.2, 0) is 9.47 Å². The van der Waals surface area contributed by atoms with E-state index in [2.05, 4.69) is 39.1 Å². The summed E-state index contributed by atoms with van der Waals surface area (Å²) in [6.07, 6.45) is -1.01. The minimum absolute atomic E-state index is 0.246. The van der Waals surface area contributed by atoms with E-state index in [1.807, 2.05) is 13.0 Å². The molecule has 5 unspecified atom stereocenters. The smallest absolute Gasteiger partial charge is 0.296 e. The van der Waals surface area contributed by atoms with Crippen LogP contribution in [0.25, 0.3) is 22.4 Å². The maximum Gasteiger partial charge on any atom is 0.296 e. The van der Waals surface area contributed by atoms with Crippen molar-refractivity contribution in [3.8, 4) is 17.3 Å². The molecule has 0 radical (unpaired) electrons. The van der Waals surface area contributed by atoms with Gasteiger partial charge in [0.15, 0.2) is 11.8 Å². The topological polar surface area (TPSA) is 113 Å². The molecule has 3 aliphatic rings. The van der Waals surface area contributed by atoms with Crippen LogP contribution in [0, 0.1) is 6.92 Å². The monoisotopic (exact) mass is 438 g/mol. The van der Waals surface area contributed by atoms with E-state index in [-0.39, 0.29) is 31.0 Å². The summed E-state index contributed by atoms with van der Waals surface area (Å²) in [4.78, 5) is 14.7. The van der Waals surface area contributed by atoms with Gasteiger partial charge in [-0.2, -0.15) is 4.98 Å². The molecule has 32 heavy (non-hydrogen) atoms. The normalized spacial score (nSPS) is 29.7. The highest BCUT2D eigenvalue weighted by molar-refractivity contribution is 5.78. The molecular weight excluding hydrogens is 412 g/mol. The molecule has 3 aromatic rings. The Hall–Kier alpha value is -2.72. The molecule has 3 fully saturated rings. The van der Waals surface area contributed by atoms with Crippen LogP contribution in [-0.4, -0.2) is 82.0 Å². The number of hydrogen-bond donors (Lipinski definition) is 3. The third kappa shape index (κ3) is 3.41. The molecule has 9 nitrogen and oxygen atoms in total. The Morgan fingerprint density at radius 3 is 2.69 bits per heavy atom. The summed E-state index contributed by atoms with van der Waals surface area (Å²) in [5.41, 5.74) is 5.40. The van der Waals surface area contributed by atoms with Gasteiger partial charge in [-0.25, -0.2) is 4.98 Å². The first-order valence-corrected chi connectivity index (χ1v) is 11.0. The van der Waals surface area contributed by atoms with Gasteiger partial charge in [-0.05, 0) is 37.1 Å². The third-order valence-corrected chi connectivity index (χ3v) is 6.56. The molecule has 6 rings (SSSR count). The van der Waals surface area contributed by atoms with Crippen molar-refractivity contribution in [1.29, 1.82) is 0 Å². The average Bonchev–Trinajstić information content (AvgIpc) is 3.55. The van der Waals surface area contributed by atoms with Crippen molar-refractivity contribution >= 4 is 16.9 Å². The minimum atomic E-state index is -0.613. The highest BCUT2D eigenvalue weighted by Crippen LogP contribution is 2.31. The summed E-state index contributed by atoms with van der Waals surface area (Å²) in [6, 6.07) is 10.7. The van der Waals surface area contributed by atoms with Crippen LogP contribution in [0.1, 0.15) is 12.0 Å². The largest absolute Gasteiger partial charge is 0.456 e. The number of rotatable bonds is 4. The SMILES string of the molecule is Cc1cc2[nH]c(OC3COC4C(O)COC34)nc2nc1-c1ccc(N2CCC(O)C2)cc1. The Bertz CT molecular complexity index is 1130.